The van der Waals surface area contributed by atoms with Crippen LogP contribution in [0.25, 0.3) is 0 Å². The van der Waals surface area contributed by atoms with Crippen LogP contribution in [0.1, 0.15) is 45.0 Å². The molecule has 80 valence electrons. The lowest BCUT2D eigenvalue weighted by Gasteiger charge is -2.14. The Labute approximate surface area is 93.4 Å². The van der Waals surface area contributed by atoms with Gasteiger partial charge in [-0.25, -0.2) is 0 Å². The Kier molecular flexibility index (Phi) is 4.69. The highest BCUT2D eigenvalue weighted by atomic mass is 79.9. The van der Waals surface area contributed by atoms with Crippen LogP contribution in [0, 0.1) is 5.92 Å². The standard InChI is InChI=1S/C11H17BrO2/c1-3-4-8(2)7-10(13)11-9(12)5-6-14-11/h5-6,8,10,13H,3-4,7H2,1-2H3. The topological polar surface area (TPSA) is 33.4 Å². The summed E-state index contributed by atoms with van der Waals surface area (Å²) in [5, 5.41) is 9.86. The first-order valence-corrected chi connectivity index (χ1v) is 5.85. The molecule has 0 saturated carbocycles. The van der Waals surface area contributed by atoms with Gasteiger partial charge in [0, 0.05) is 0 Å². The van der Waals surface area contributed by atoms with Gasteiger partial charge in [0.2, 0.25) is 0 Å². The van der Waals surface area contributed by atoms with Gasteiger partial charge in [-0.05, 0) is 34.3 Å². The van der Waals surface area contributed by atoms with Crippen LogP contribution in [0.4, 0.5) is 0 Å². The predicted octanol–water partition coefficient (Wildman–Crippen LogP) is 3.90. The minimum Gasteiger partial charge on any atom is -0.465 e. The Hall–Kier alpha value is -0.280. The number of hydrogen-bond donors (Lipinski definition) is 1. The highest BCUT2D eigenvalue weighted by Gasteiger charge is 2.17. The van der Waals surface area contributed by atoms with Crippen molar-refractivity contribution in [3.63, 3.8) is 0 Å². The minimum absolute atomic E-state index is 0.485. The zero-order valence-electron chi connectivity index (χ0n) is 8.66. The fourth-order valence-electron chi connectivity index (χ4n) is 1.64. The zero-order chi connectivity index (χ0) is 10.6. The van der Waals surface area contributed by atoms with Crippen molar-refractivity contribution in [1.82, 2.24) is 0 Å². The number of aliphatic hydroxyl groups excluding tert-OH is 1. The number of aliphatic hydroxyl groups is 1. The molecule has 0 fully saturated rings. The van der Waals surface area contributed by atoms with E-state index >= 15 is 0 Å². The van der Waals surface area contributed by atoms with Crippen molar-refractivity contribution in [2.24, 2.45) is 5.92 Å². The Morgan fingerprint density at radius 2 is 2.29 bits per heavy atom. The van der Waals surface area contributed by atoms with E-state index in [9.17, 15) is 5.11 Å². The average Bonchev–Trinajstić information content (AvgIpc) is 2.51. The third kappa shape index (κ3) is 3.14. The third-order valence-electron chi connectivity index (χ3n) is 2.35. The van der Waals surface area contributed by atoms with E-state index in [0.717, 1.165) is 23.7 Å². The average molecular weight is 261 g/mol. The van der Waals surface area contributed by atoms with Crippen molar-refractivity contribution < 1.29 is 9.52 Å². The molecule has 1 aromatic heterocycles. The molecule has 0 bridgehead atoms. The maximum absolute atomic E-state index is 9.86. The number of halogens is 1. The van der Waals surface area contributed by atoms with E-state index in [4.69, 9.17) is 4.42 Å². The summed E-state index contributed by atoms with van der Waals surface area (Å²) in [6.07, 6.45) is 4.18. The van der Waals surface area contributed by atoms with Gasteiger partial charge in [0.05, 0.1) is 10.7 Å². The molecule has 1 heterocycles. The molecule has 0 amide bonds. The van der Waals surface area contributed by atoms with Crippen molar-refractivity contribution in [2.75, 3.05) is 0 Å². The summed E-state index contributed by atoms with van der Waals surface area (Å²) in [6.45, 7) is 4.31. The molecule has 2 atom stereocenters. The van der Waals surface area contributed by atoms with Gasteiger partial charge in [-0.2, -0.15) is 0 Å². The first-order valence-electron chi connectivity index (χ1n) is 5.06. The summed E-state index contributed by atoms with van der Waals surface area (Å²) in [5.74, 6) is 1.18. The molecular weight excluding hydrogens is 244 g/mol. The fraction of sp³-hybridized carbons (Fsp3) is 0.636. The van der Waals surface area contributed by atoms with E-state index in [0.29, 0.717) is 11.7 Å². The van der Waals surface area contributed by atoms with Gasteiger partial charge in [0.25, 0.3) is 0 Å². The Morgan fingerprint density at radius 1 is 1.57 bits per heavy atom. The Morgan fingerprint density at radius 3 is 2.79 bits per heavy atom. The first kappa shape index (κ1) is 11.8. The molecule has 0 aliphatic rings. The van der Waals surface area contributed by atoms with E-state index in [1.807, 2.05) is 6.07 Å². The monoisotopic (exact) mass is 260 g/mol. The number of rotatable bonds is 5. The van der Waals surface area contributed by atoms with Crippen LogP contribution in [0.2, 0.25) is 0 Å². The van der Waals surface area contributed by atoms with Gasteiger partial charge in [0.15, 0.2) is 0 Å². The van der Waals surface area contributed by atoms with Crippen molar-refractivity contribution in [3.8, 4) is 0 Å². The normalized spacial score (nSPS) is 15.4. The van der Waals surface area contributed by atoms with E-state index in [1.54, 1.807) is 6.26 Å². The van der Waals surface area contributed by atoms with Crippen LogP contribution in [-0.4, -0.2) is 5.11 Å². The molecule has 0 aliphatic carbocycles. The van der Waals surface area contributed by atoms with E-state index in [-0.39, 0.29) is 0 Å². The first-order chi connectivity index (χ1) is 6.65. The molecule has 0 saturated heterocycles. The number of hydrogen-bond acceptors (Lipinski definition) is 2. The summed E-state index contributed by atoms with van der Waals surface area (Å²) < 4.78 is 6.06. The highest BCUT2D eigenvalue weighted by molar-refractivity contribution is 9.10. The van der Waals surface area contributed by atoms with Crippen LogP contribution < -0.4 is 0 Å². The van der Waals surface area contributed by atoms with Gasteiger partial charge < -0.3 is 9.52 Å². The van der Waals surface area contributed by atoms with E-state index < -0.39 is 6.10 Å². The molecule has 0 aromatic carbocycles. The second kappa shape index (κ2) is 5.56. The predicted molar refractivity (Wildman–Crippen MR) is 60.1 cm³/mol. The molecular formula is C11H17BrO2. The quantitative estimate of drug-likeness (QED) is 0.871. The van der Waals surface area contributed by atoms with Gasteiger partial charge in [-0.3, -0.25) is 0 Å². The minimum atomic E-state index is -0.485. The van der Waals surface area contributed by atoms with Gasteiger partial charge in [-0.1, -0.05) is 26.7 Å². The molecule has 3 heteroatoms. The van der Waals surface area contributed by atoms with Crippen LogP contribution in [-0.2, 0) is 0 Å². The van der Waals surface area contributed by atoms with Crippen molar-refractivity contribution in [2.45, 2.75) is 39.2 Å². The van der Waals surface area contributed by atoms with Crippen molar-refractivity contribution >= 4 is 15.9 Å². The van der Waals surface area contributed by atoms with E-state index in [2.05, 4.69) is 29.8 Å². The zero-order valence-corrected chi connectivity index (χ0v) is 10.3. The largest absolute Gasteiger partial charge is 0.465 e. The molecule has 1 rings (SSSR count). The summed E-state index contributed by atoms with van der Waals surface area (Å²) in [7, 11) is 0. The maximum Gasteiger partial charge on any atom is 0.146 e. The molecule has 0 spiro atoms. The molecule has 14 heavy (non-hydrogen) atoms. The van der Waals surface area contributed by atoms with Crippen LogP contribution in [0.3, 0.4) is 0 Å². The van der Waals surface area contributed by atoms with Crippen molar-refractivity contribution in [1.29, 1.82) is 0 Å². The number of furan rings is 1. The van der Waals surface area contributed by atoms with Gasteiger partial charge in [0.1, 0.15) is 11.9 Å². The van der Waals surface area contributed by atoms with Crippen molar-refractivity contribution in [3.05, 3.63) is 22.6 Å². The smallest absolute Gasteiger partial charge is 0.146 e. The highest BCUT2D eigenvalue weighted by Crippen LogP contribution is 2.29. The molecule has 2 unspecified atom stereocenters. The molecule has 1 aromatic rings. The summed E-state index contributed by atoms with van der Waals surface area (Å²) >= 11 is 3.34. The van der Waals surface area contributed by atoms with Crippen LogP contribution in [0.5, 0.6) is 0 Å². The summed E-state index contributed by atoms with van der Waals surface area (Å²) in [6, 6.07) is 1.81. The van der Waals surface area contributed by atoms with Crippen LogP contribution >= 0.6 is 15.9 Å². The maximum atomic E-state index is 9.86. The van der Waals surface area contributed by atoms with E-state index in [1.165, 1.54) is 0 Å². The van der Waals surface area contributed by atoms with Crippen LogP contribution in [0.15, 0.2) is 21.2 Å². The molecule has 2 nitrogen and oxygen atoms in total. The lowest BCUT2D eigenvalue weighted by molar-refractivity contribution is 0.120. The second-order valence-electron chi connectivity index (χ2n) is 3.78. The Bertz CT molecular complexity index is 270. The lowest BCUT2D eigenvalue weighted by Crippen LogP contribution is -2.03. The summed E-state index contributed by atoms with van der Waals surface area (Å²) in [4.78, 5) is 0. The Balaban J connectivity index is 2.50. The fourth-order valence-corrected chi connectivity index (χ4v) is 2.11. The second-order valence-corrected chi connectivity index (χ2v) is 4.63. The molecule has 0 radical (unpaired) electrons. The molecule has 1 N–H and O–H groups in total. The van der Waals surface area contributed by atoms with Gasteiger partial charge >= 0.3 is 0 Å². The third-order valence-corrected chi connectivity index (χ3v) is 3.01. The summed E-state index contributed by atoms with van der Waals surface area (Å²) in [5.41, 5.74) is 0. The SMILES string of the molecule is CCCC(C)CC(O)c1occc1Br. The molecule has 0 aliphatic heterocycles. The van der Waals surface area contributed by atoms with Gasteiger partial charge in [-0.15, -0.1) is 0 Å². The lowest BCUT2D eigenvalue weighted by atomic mass is 9.98.